The van der Waals surface area contributed by atoms with Gasteiger partial charge in [0.15, 0.2) is 6.10 Å². The molecule has 0 unspecified atom stereocenters. The quantitative estimate of drug-likeness (QED) is 0.568. The van der Waals surface area contributed by atoms with Crippen LogP contribution in [0.15, 0.2) is 60.7 Å². The maximum atomic E-state index is 12.9. The molecule has 0 aliphatic carbocycles. The van der Waals surface area contributed by atoms with Gasteiger partial charge in [-0.15, -0.1) is 0 Å². The number of benzene rings is 3. The maximum Gasteiger partial charge on any atom is 0.338 e. The van der Waals surface area contributed by atoms with Crippen LogP contribution in [0.25, 0.3) is 10.8 Å². The van der Waals surface area contributed by atoms with Gasteiger partial charge < -0.3 is 14.8 Å². The molecule has 1 N–H and O–H groups in total. The second-order valence-corrected chi connectivity index (χ2v) is 6.68. The molecule has 5 nitrogen and oxygen atoms in total. The standard InChI is InChI=1S/C24H25NO4/c1-4-21(29-22-15-8-11-17-10-6-7-12-19(17)22)23(26)25-20-14-9-13-18(16(20)3)24(27)28-5-2/h6-15,21H,4-5H2,1-3H3,(H,25,26)/t21-/m1/s1. The van der Waals surface area contributed by atoms with Gasteiger partial charge in [0.1, 0.15) is 5.75 Å². The van der Waals surface area contributed by atoms with Crippen molar-refractivity contribution in [2.24, 2.45) is 0 Å². The first kappa shape index (κ1) is 20.4. The molecule has 0 aliphatic rings. The van der Waals surface area contributed by atoms with Crippen LogP contribution in [-0.2, 0) is 9.53 Å². The van der Waals surface area contributed by atoms with Gasteiger partial charge in [-0.05, 0) is 49.4 Å². The Bertz CT molecular complexity index is 1020. The number of carbonyl (C=O) groups excluding carboxylic acids is 2. The van der Waals surface area contributed by atoms with Gasteiger partial charge in [-0.2, -0.15) is 0 Å². The number of ether oxygens (including phenoxy) is 2. The highest BCUT2D eigenvalue weighted by Crippen LogP contribution is 2.27. The summed E-state index contributed by atoms with van der Waals surface area (Å²) in [6.07, 6.45) is -0.155. The highest BCUT2D eigenvalue weighted by atomic mass is 16.5. The molecule has 0 radical (unpaired) electrons. The van der Waals surface area contributed by atoms with E-state index in [1.807, 2.05) is 49.4 Å². The lowest BCUT2D eigenvalue weighted by Crippen LogP contribution is -2.32. The highest BCUT2D eigenvalue weighted by molar-refractivity contribution is 5.98. The molecule has 0 bridgehead atoms. The topological polar surface area (TPSA) is 64.6 Å². The maximum absolute atomic E-state index is 12.9. The van der Waals surface area contributed by atoms with E-state index < -0.39 is 12.1 Å². The minimum Gasteiger partial charge on any atom is -0.480 e. The lowest BCUT2D eigenvalue weighted by Gasteiger charge is -2.19. The van der Waals surface area contributed by atoms with Crippen molar-refractivity contribution in [2.75, 3.05) is 11.9 Å². The van der Waals surface area contributed by atoms with Gasteiger partial charge in [0.2, 0.25) is 0 Å². The van der Waals surface area contributed by atoms with Crippen LogP contribution in [0.1, 0.15) is 36.2 Å². The number of hydrogen-bond donors (Lipinski definition) is 1. The predicted molar refractivity (Wildman–Crippen MR) is 114 cm³/mol. The second-order valence-electron chi connectivity index (χ2n) is 6.68. The van der Waals surface area contributed by atoms with Crippen LogP contribution in [0.5, 0.6) is 5.75 Å². The number of rotatable bonds is 7. The number of nitrogens with one attached hydrogen (secondary N) is 1. The zero-order valence-electron chi connectivity index (χ0n) is 16.9. The van der Waals surface area contributed by atoms with Crippen LogP contribution in [-0.4, -0.2) is 24.6 Å². The van der Waals surface area contributed by atoms with E-state index >= 15 is 0 Å². The van der Waals surface area contributed by atoms with Crippen molar-refractivity contribution >= 4 is 28.3 Å². The Kier molecular flexibility index (Phi) is 6.50. The first-order chi connectivity index (χ1) is 14.0. The summed E-state index contributed by atoms with van der Waals surface area (Å²) in [6.45, 7) is 5.74. The summed E-state index contributed by atoms with van der Waals surface area (Å²) in [6, 6.07) is 18.9. The molecule has 0 fully saturated rings. The first-order valence-corrected chi connectivity index (χ1v) is 9.77. The van der Waals surface area contributed by atoms with Crippen molar-refractivity contribution in [3.63, 3.8) is 0 Å². The van der Waals surface area contributed by atoms with Crippen LogP contribution in [0.4, 0.5) is 5.69 Å². The van der Waals surface area contributed by atoms with E-state index in [-0.39, 0.29) is 5.91 Å². The third kappa shape index (κ3) is 4.57. The molecule has 0 heterocycles. The summed E-state index contributed by atoms with van der Waals surface area (Å²) in [5.41, 5.74) is 1.67. The van der Waals surface area contributed by atoms with Gasteiger partial charge in [-0.25, -0.2) is 4.79 Å². The van der Waals surface area contributed by atoms with Crippen molar-refractivity contribution in [3.8, 4) is 5.75 Å². The number of fused-ring (bicyclic) bond motifs is 1. The molecule has 3 rings (SSSR count). The lowest BCUT2D eigenvalue weighted by molar-refractivity contribution is -0.122. The summed E-state index contributed by atoms with van der Waals surface area (Å²) in [5, 5.41) is 4.91. The molecule has 0 saturated heterocycles. The van der Waals surface area contributed by atoms with Gasteiger partial charge in [0, 0.05) is 11.1 Å². The van der Waals surface area contributed by atoms with Crippen molar-refractivity contribution in [1.82, 2.24) is 0 Å². The monoisotopic (exact) mass is 391 g/mol. The van der Waals surface area contributed by atoms with Gasteiger partial charge in [0.25, 0.3) is 5.91 Å². The summed E-state index contributed by atoms with van der Waals surface area (Å²) in [7, 11) is 0. The minimum absolute atomic E-state index is 0.260. The molecule has 1 atom stereocenters. The van der Waals surface area contributed by atoms with Crippen LogP contribution in [0.3, 0.4) is 0 Å². The van der Waals surface area contributed by atoms with Crippen molar-refractivity contribution in [3.05, 3.63) is 71.8 Å². The van der Waals surface area contributed by atoms with E-state index in [2.05, 4.69) is 5.32 Å². The van der Waals surface area contributed by atoms with Crippen LogP contribution < -0.4 is 10.1 Å². The first-order valence-electron chi connectivity index (χ1n) is 9.77. The Morgan fingerprint density at radius 3 is 2.45 bits per heavy atom. The average molecular weight is 391 g/mol. The molecule has 150 valence electrons. The molecular weight excluding hydrogens is 366 g/mol. The smallest absolute Gasteiger partial charge is 0.338 e. The Labute approximate surface area is 170 Å². The van der Waals surface area contributed by atoms with E-state index in [1.54, 1.807) is 32.0 Å². The average Bonchev–Trinajstić information content (AvgIpc) is 2.73. The summed E-state index contributed by atoms with van der Waals surface area (Å²) in [4.78, 5) is 25.0. The van der Waals surface area contributed by atoms with Crippen molar-refractivity contribution in [1.29, 1.82) is 0 Å². The molecule has 5 heteroatoms. The minimum atomic E-state index is -0.661. The van der Waals surface area contributed by atoms with Crippen LogP contribution in [0, 0.1) is 6.92 Å². The number of carbonyl (C=O) groups is 2. The fourth-order valence-corrected chi connectivity index (χ4v) is 3.19. The second kappa shape index (κ2) is 9.24. The van der Waals surface area contributed by atoms with Crippen LogP contribution >= 0.6 is 0 Å². The third-order valence-corrected chi connectivity index (χ3v) is 4.77. The predicted octanol–water partition coefficient (Wildman–Crippen LogP) is 5.12. The van der Waals surface area contributed by atoms with Gasteiger partial charge in [0.05, 0.1) is 12.2 Å². The highest BCUT2D eigenvalue weighted by Gasteiger charge is 2.21. The van der Waals surface area contributed by atoms with Crippen LogP contribution in [0.2, 0.25) is 0 Å². The summed E-state index contributed by atoms with van der Waals surface area (Å²) >= 11 is 0. The molecule has 3 aromatic carbocycles. The number of amides is 1. The molecule has 0 aromatic heterocycles. The molecule has 3 aromatic rings. The van der Waals surface area contributed by atoms with Gasteiger partial charge in [-0.3, -0.25) is 4.79 Å². The Balaban J connectivity index is 1.80. The Hall–Kier alpha value is -3.34. The molecule has 1 amide bonds. The fourth-order valence-electron chi connectivity index (χ4n) is 3.19. The summed E-state index contributed by atoms with van der Waals surface area (Å²) in [5.74, 6) is 0.00628. The number of esters is 1. The largest absolute Gasteiger partial charge is 0.480 e. The Morgan fingerprint density at radius 1 is 0.966 bits per heavy atom. The van der Waals surface area contributed by atoms with E-state index in [0.29, 0.717) is 35.6 Å². The molecule has 0 aliphatic heterocycles. The van der Waals surface area contributed by atoms with Gasteiger partial charge in [-0.1, -0.05) is 49.4 Å². The normalized spacial score (nSPS) is 11.7. The number of hydrogen-bond acceptors (Lipinski definition) is 4. The summed E-state index contributed by atoms with van der Waals surface area (Å²) < 4.78 is 11.1. The zero-order chi connectivity index (χ0) is 20.8. The number of anilines is 1. The Morgan fingerprint density at radius 2 is 1.69 bits per heavy atom. The van der Waals surface area contributed by atoms with Crippen molar-refractivity contribution in [2.45, 2.75) is 33.3 Å². The molecular formula is C24H25NO4. The van der Waals surface area contributed by atoms with E-state index in [1.165, 1.54) is 0 Å². The third-order valence-electron chi connectivity index (χ3n) is 4.77. The van der Waals surface area contributed by atoms with Crippen molar-refractivity contribution < 1.29 is 19.1 Å². The zero-order valence-corrected chi connectivity index (χ0v) is 16.9. The molecule has 29 heavy (non-hydrogen) atoms. The fraction of sp³-hybridized carbons (Fsp3) is 0.250. The molecule has 0 spiro atoms. The van der Waals surface area contributed by atoms with E-state index in [4.69, 9.17) is 9.47 Å². The molecule has 0 saturated carbocycles. The van der Waals surface area contributed by atoms with Gasteiger partial charge >= 0.3 is 5.97 Å². The van der Waals surface area contributed by atoms with E-state index in [9.17, 15) is 9.59 Å². The van der Waals surface area contributed by atoms with E-state index in [0.717, 1.165) is 10.8 Å². The SMILES string of the molecule is CCOC(=O)c1cccc(NC(=O)[C@@H](CC)Oc2cccc3ccccc23)c1C. The lowest BCUT2D eigenvalue weighted by atomic mass is 10.1.